The Balaban J connectivity index is 1.55. The highest BCUT2D eigenvalue weighted by atomic mass is 32.2. The summed E-state index contributed by atoms with van der Waals surface area (Å²) in [5.41, 5.74) is 0. The van der Waals surface area contributed by atoms with Crippen molar-refractivity contribution in [1.82, 2.24) is 9.21 Å². The van der Waals surface area contributed by atoms with Gasteiger partial charge in [-0.3, -0.25) is 4.79 Å². The van der Waals surface area contributed by atoms with Crippen LogP contribution in [0.5, 0.6) is 5.75 Å². The molecule has 0 bridgehead atoms. The van der Waals surface area contributed by atoms with E-state index in [0.717, 1.165) is 24.3 Å². The molecular weight excluding hydrogens is 413 g/mol. The number of aryl methyl sites for hydroxylation is 1. The number of benzene rings is 1. The van der Waals surface area contributed by atoms with Crippen molar-refractivity contribution in [2.75, 3.05) is 26.2 Å². The highest BCUT2D eigenvalue weighted by molar-refractivity contribution is 7.89. The number of rotatable bonds is 6. The standard InChI is InChI=1S/C18H19F3N2O5S/c19-18(20,21)28-15-3-6-16(7-4-15)29(25,26)23-11-9-22(10-12-23)17(24)8-5-14-2-1-13-27-14/h1-4,6-7,13H,5,8-12H2. The van der Waals surface area contributed by atoms with E-state index in [1.165, 1.54) is 10.6 Å². The Morgan fingerprint density at radius 1 is 1.07 bits per heavy atom. The van der Waals surface area contributed by atoms with Crippen LogP contribution in [0.15, 0.2) is 52.0 Å². The second kappa shape index (κ2) is 8.46. The van der Waals surface area contributed by atoms with E-state index in [9.17, 15) is 26.4 Å². The van der Waals surface area contributed by atoms with Gasteiger partial charge in [0.2, 0.25) is 15.9 Å². The van der Waals surface area contributed by atoms with Gasteiger partial charge in [-0.15, -0.1) is 13.2 Å². The lowest BCUT2D eigenvalue weighted by Gasteiger charge is -2.34. The molecule has 0 radical (unpaired) electrons. The average molecular weight is 432 g/mol. The number of piperazine rings is 1. The van der Waals surface area contributed by atoms with Crippen LogP contribution in [0.4, 0.5) is 13.2 Å². The molecule has 0 atom stereocenters. The lowest BCUT2D eigenvalue weighted by molar-refractivity contribution is -0.274. The van der Waals surface area contributed by atoms with Crippen LogP contribution in [0.3, 0.4) is 0 Å². The molecule has 3 rings (SSSR count). The molecule has 29 heavy (non-hydrogen) atoms. The fourth-order valence-electron chi connectivity index (χ4n) is 2.98. The van der Waals surface area contributed by atoms with Gasteiger partial charge in [0.15, 0.2) is 0 Å². The van der Waals surface area contributed by atoms with Gasteiger partial charge in [-0.1, -0.05) is 0 Å². The molecule has 1 amide bonds. The summed E-state index contributed by atoms with van der Waals surface area (Å²) < 4.78 is 72.2. The molecular formula is C18H19F3N2O5S. The number of nitrogens with zero attached hydrogens (tertiary/aromatic N) is 2. The third-order valence-electron chi connectivity index (χ3n) is 4.45. The van der Waals surface area contributed by atoms with Crippen LogP contribution in [-0.4, -0.2) is 56.1 Å². The van der Waals surface area contributed by atoms with E-state index in [2.05, 4.69) is 4.74 Å². The molecule has 1 aromatic carbocycles. The monoisotopic (exact) mass is 432 g/mol. The minimum Gasteiger partial charge on any atom is -0.469 e. The maximum absolute atomic E-state index is 12.7. The van der Waals surface area contributed by atoms with Gasteiger partial charge < -0.3 is 14.1 Å². The number of sulfonamides is 1. The minimum absolute atomic E-state index is 0.0906. The van der Waals surface area contributed by atoms with E-state index in [1.807, 2.05) is 0 Å². The largest absolute Gasteiger partial charge is 0.573 e. The van der Waals surface area contributed by atoms with Gasteiger partial charge in [0.1, 0.15) is 11.5 Å². The highest BCUT2D eigenvalue weighted by Crippen LogP contribution is 2.25. The van der Waals surface area contributed by atoms with Gasteiger partial charge in [-0.2, -0.15) is 4.31 Å². The second-order valence-electron chi connectivity index (χ2n) is 6.38. The molecule has 0 saturated carbocycles. The van der Waals surface area contributed by atoms with Crippen molar-refractivity contribution >= 4 is 15.9 Å². The van der Waals surface area contributed by atoms with Gasteiger partial charge >= 0.3 is 6.36 Å². The molecule has 1 saturated heterocycles. The van der Waals surface area contributed by atoms with Crippen LogP contribution in [0.25, 0.3) is 0 Å². The Hall–Kier alpha value is -2.53. The van der Waals surface area contributed by atoms with Gasteiger partial charge in [-0.25, -0.2) is 8.42 Å². The highest BCUT2D eigenvalue weighted by Gasteiger charge is 2.32. The van der Waals surface area contributed by atoms with Crippen LogP contribution >= 0.6 is 0 Å². The normalized spacial score (nSPS) is 16.0. The molecule has 0 spiro atoms. The van der Waals surface area contributed by atoms with Crippen molar-refractivity contribution in [3.63, 3.8) is 0 Å². The zero-order valence-electron chi connectivity index (χ0n) is 15.3. The van der Waals surface area contributed by atoms with Gasteiger partial charge in [0.25, 0.3) is 0 Å². The summed E-state index contributed by atoms with van der Waals surface area (Å²) in [6.45, 7) is 0.697. The van der Waals surface area contributed by atoms with Crippen molar-refractivity contribution in [2.24, 2.45) is 0 Å². The molecule has 11 heteroatoms. The summed E-state index contributed by atoms with van der Waals surface area (Å²) in [4.78, 5) is 13.7. The first kappa shape index (κ1) is 21.2. The summed E-state index contributed by atoms with van der Waals surface area (Å²) in [7, 11) is -3.88. The van der Waals surface area contributed by atoms with Crippen molar-refractivity contribution < 1.29 is 35.5 Å². The SMILES string of the molecule is O=C(CCc1ccco1)N1CCN(S(=O)(=O)c2ccc(OC(F)(F)F)cc2)CC1. The summed E-state index contributed by atoms with van der Waals surface area (Å²) in [6, 6.07) is 7.56. The number of furan rings is 1. The Morgan fingerprint density at radius 2 is 1.72 bits per heavy atom. The fourth-order valence-corrected chi connectivity index (χ4v) is 4.41. The molecule has 2 aromatic rings. The van der Waals surface area contributed by atoms with E-state index < -0.39 is 22.1 Å². The first-order valence-corrected chi connectivity index (χ1v) is 10.3. The minimum atomic E-state index is -4.85. The lowest BCUT2D eigenvalue weighted by Crippen LogP contribution is -2.50. The van der Waals surface area contributed by atoms with E-state index in [4.69, 9.17) is 4.42 Å². The topological polar surface area (TPSA) is 80.1 Å². The van der Waals surface area contributed by atoms with Crippen LogP contribution in [0, 0.1) is 0 Å². The summed E-state index contributed by atoms with van der Waals surface area (Å²) in [5.74, 6) is 0.119. The molecule has 0 N–H and O–H groups in total. The van der Waals surface area contributed by atoms with E-state index in [0.29, 0.717) is 12.2 Å². The molecule has 2 heterocycles. The van der Waals surface area contributed by atoms with Gasteiger partial charge in [0.05, 0.1) is 11.2 Å². The molecule has 1 aromatic heterocycles. The Labute approximate surface area is 165 Å². The summed E-state index contributed by atoms with van der Waals surface area (Å²) in [6.07, 6.45) is -2.58. The van der Waals surface area contributed by atoms with E-state index >= 15 is 0 Å². The first-order valence-electron chi connectivity index (χ1n) is 8.81. The van der Waals surface area contributed by atoms with Crippen LogP contribution in [0.2, 0.25) is 0 Å². The predicted octanol–water partition coefficient (Wildman–Crippen LogP) is 2.64. The number of hydrogen-bond acceptors (Lipinski definition) is 5. The number of carbonyl (C=O) groups excluding carboxylic acids is 1. The van der Waals surface area contributed by atoms with E-state index in [1.54, 1.807) is 17.0 Å². The molecule has 7 nitrogen and oxygen atoms in total. The number of hydrogen-bond donors (Lipinski definition) is 0. The third kappa shape index (κ3) is 5.51. The molecule has 1 aliphatic rings. The van der Waals surface area contributed by atoms with Crippen molar-refractivity contribution in [3.8, 4) is 5.75 Å². The number of carbonyl (C=O) groups is 1. The van der Waals surface area contributed by atoms with Crippen molar-refractivity contribution in [3.05, 3.63) is 48.4 Å². The van der Waals surface area contributed by atoms with Crippen LogP contribution < -0.4 is 4.74 Å². The molecule has 0 unspecified atom stereocenters. The number of halogens is 3. The van der Waals surface area contributed by atoms with Gasteiger partial charge in [0, 0.05) is 39.0 Å². The zero-order chi connectivity index (χ0) is 21.1. The molecule has 1 aliphatic heterocycles. The van der Waals surface area contributed by atoms with Crippen molar-refractivity contribution in [1.29, 1.82) is 0 Å². The summed E-state index contributed by atoms with van der Waals surface area (Å²) >= 11 is 0. The second-order valence-corrected chi connectivity index (χ2v) is 8.32. The zero-order valence-corrected chi connectivity index (χ0v) is 16.1. The Bertz CT molecular complexity index is 919. The molecule has 158 valence electrons. The maximum atomic E-state index is 12.7. The predicted molar refractivity (Wildman–Crippen MR) is 95.5 cm³/mol. The third-order valence-corrected chi connectivity index (χ3v) is 6.36. The average Bonchev–Trinajstić information content (AvgIpc) is 3.19. The van der Waals surface area contributed by atoms with Crippen molar-refractivity contribution in [2.45, 2.75) is 24.1 Å². The summed E-state index contributed by atoms with van der Waals surface area (Å²) in [5, 5.41) is 0. The van der Waals surface area contributed by atoms with Crippen LogP contribution in [-0.2, 0) is 21.2 Å². The van der Waals surface area contributed by atoms with Crippen LogP contribution in [0.1, 0.15) is 12.2 Å². The number of ether oxygens (including phenoxy) is 1. The molecule has 1 fully saturated rings. The Morgan fingerprint density at radius 3 is 2.28 bits per heavy atom. The smallest absolute Gasteiger partial charge is 0.469 e. The Kier molecular flexibility index (Phi) is 6.18. The van der Waals surface area contributed by atoms with Gasteiger partial charge in [-0.05, 0) is 36.4 Å². The first-order chi connectivity index (χ1) is 13.6. The van der Waals surface area contributed by atoms with E-state index in [-0.39, 0.29) is 43.4 Å². The quantitative estimate of drug-likeness (QED) is 0.701. The fraction of sp³-hybridized carbons (Fsp3) is 0.389. The maximum Gasteiger partial charge on any atom is 0.573 e. The lowest BCUT2D eigenvalue weighted by atomic mass is 10.2. The molecule has 0 aliphatic carbocycles. The number of alkyl halides is 3. The number of amides is 1.